The normalized spacial score (nSPS) is 19.2. The van der Waals surface area contributed by atoms with E-state index in [1.807, 2.05) is 47.8 Å². The van der Waals surface area contributed by atoms with Gasteiger partial charge in [-0.05, 0) is 67.0 Å². The van der Waals surface area contributed by atoms with Gasteiger partial charge in [0.2, 0.25) is 17.7 Å². The molecule has 6 heterocycles. The van der Waals surface area contributed by atoms with Crippen LogP contribution < -0.4 is 20.1 Å². The summed E-state index contributed by atoms with van der Waals surface area (Å²) in [5.41, 5.74) is 1.16. The molecule has 2 N–H and O–H groups in total. The summed E-state index contributed by atoms with van der Waals surface area (Å²) in [7, 11) is 1.56. The molecule has 3 aliphatic heterocycles. The standard InChI is InChI=1S/C38H44N6O7S/c1-49-33-22-26-7-11-31(33)51-28-23-30(44(25-28)36(46)14-10-27-9-12-32(50-27)34-6-4-21-52-34)37(47)42-15-2-3-19-43(20-5-16-41-35(45)13-8-26)38(48)29-24-39-17-18-40-29/h4,6-7,9,11-12,17-18,21-22,24,28,30H,2-3,5,8,10,13-16,19-20,23,25H2,1H3,(H,41,45)(H,42,47)/t28-,30-/m0/s1. The molecule has 3 aliphatic rings. The Bertz CT molecular complexity index is 1820. The molecule has 0 saturated carbocycles. The fourth-order valence-electron chi connectivity index (χ4n) is 6.48. The van der Waals surface area contributed by atoms with E-state index in [9.17, 15) is 19.2 Å². The van der Waals surface area contributed by atoms with Crippen molar-refractivity contribution in [2.24, 2.45) is 0 Å². The first-order valence-corrected chi connectivity index (χ1v) is 18.6. The van der Waals surface area contributed by atoms with Gasteiger partial charge in [-0.3, -0.25) is 24.2 Å². The van der Waals surface area contributed by atoms with Crippen LogP contribution in [0.25, 0.3) is 10.6 Å². The largest absolute Gasteiger partial charge is 0.493 e. The second kappa shape index (κ2) is 17.8. The smallest absolute Gasteiger partial charge is 0.274 e. The highest BCUT2D eigenvalue weighted by molar-refractivity contribution is 7.13. The Morgan fingerprint density at radius 2 is 1.88 bits per heavy atom. The highest BCUT2D eigenvalue weighted by atomic mass is 32.1. The van der Waals surface area contributed by atoms with E-state index in [4.69, 9.17) is 13.9 Å². The Morgan fingerprint density at radius 1 is 1.02 bits per heavy atom. The zero-order valence-corrected chi connectivity index (χ0v) is 30.1. The van der Waals surface area contributed by atoms with Crippen molar-refractivity contribution in [2.75, 3.05) is 39.8 Å². The quantitative estimate of drug-likeness (QED) is 0.296. The number of nitrogens with zero attached hydrogens (tertiary/aromatic N) is 4. The number of aromatic nitrogens is 2. The van der Waals surface area contributed by atoms with Crippen LogP contribution in [0.4, 0.5) is 0 Å². The first kappa shape index (κ1) is 36.5. The maximum atomic E-state index is 13.7. The number of hydrogen-bond acceptors (Lipinski definition) is 10. The number of thiophene rings is 1. The molecule has 0 radical (unpaired) electrons. The number of methoxy groups -OCH3 is 1. The molecule has 1 fully saturated rings. The number of carbonyl (C=O) groups is 4. The van der Waals surface area contributed by atoms with Crippen LogP contribution in [-0.2, 0) is 27.2 Å². The van der Waals surface area contributed by atoms with E-state index in [1.165, 1.54) is 18.6 Å². The minimum atomic E-state index is -0.716. The summed E-state index contributed by atoms with van der Waals surface area (Å²) < 4.78 is 18.0. The van der Waals surface area contributed by atoms with Gasteiger partial charge in [-0.2, -0.15) is 0 Å². The molecule has 14 heteroatoms. The fraction of sp³-hybridized carbons (Fsp3) is 0.421. The van der Waals surface area contributed by atoms with Crippen LogP contribution in [0.2, 0.25) is 0 Å². The van der Waals surface area contributed by atoms with E-state index in [1.54, 1.807) is 28.2 Å². The molecule has 0 aliphatic carbocycles. The number of rotatable bonds is 6. The summed E-state index contributed by atoms with van der Waals surface area (Å²) in [6.07, 6.45) is 7.47. The molecule has 1 saturated heterocycles. The topological polar surface area (TPSA) is 156 Å². The zero-order chi connectivity index (χ0) is 36.3. The number of carbonyl (C=O) groups excluding carboxylic acids is 4. The first-order valence-electron chi connectivity index (χ1n) is 17.7. The predicted octanol–water partition coefficient (Wildman–Crippen LogP) is 4.28. The lowest BCUT2D eigenvalue weighted by Crippen LogP contribution is -2.46. The average Bonchev–Trinajstić information content (AvgIpc) is 3.96. The highest BCUT2D eigenvalue weighted by Crippen LogP contribution is 2.33. The minimum absolute atomic E-state index is 0.0827. The third-order valence-electron chi connectivity index (χ3n) is 9.21. The van der Waals surface area contributed by atoms with Gasteiger partial charge in [0.15, 0.2) is 11.5 Å². The van der Waals surface area contributed by atoms with Gasteiger partial charge >= 0.3 is 0 Å². The summed E-state index contributed by atoms with van der Waals surface area (Å²) >= 11 is 1.59. The summed E-state index contributed by atoms with van der Waals surface area (Å²) in [5.74, 6) is 1.76. The molecule has 4 amide bonds. The van der Waals surface area contributed by atoms with Gasteiger partial charge in [0, 0.05) is 64.3 Å². The molecule has 4 aromatic rings. The molecular formula is C38H44N6O7S. The van der Waals surface area contributed by atoms with E-state index < -0.39 is 12.1 Å². The number of hydrogen-bond donors (Lipinski definition) is 2. The van der Waals surface area contributed by atoms with E-state index in [0.29, 0.717) is 82.0 Å². The molecule has 52 heavy (non-hydrogen) atoms. The zero-order valence-electron chi connectivity index (χ0n) is 29.3. The second-order valence-corrected chi connectivity index (χ2v) is 13.8. The van der Waals surface area contributed by atoms with Gasteiger partial charge in [0.05, 0.1) is 24.7 Å². The van der Waals surface area contributed by atoms with Crippen molar-refractivity contribution in [3.05, 3.63) is 83.5 Å². The third kappa shape index (κ3) is 9.55. The van der Waals surface area contributed by atoms with E-state index in [2.05, 4.69) is 20.6 Å². The van der Waals surface area contributed by atoms with Crippen LogP contribution >= 0.6 is 11.3 Å². The van der Waals surface area contributed by atoms with Gasteiger partial charge in [0.25, 0.3) is 5.91 Å². The van der Waals surface area contributed by atoms with Crippen LogP contribution in [0, 0.1) is 0 Å². The van der Waals surface area contributed by atoms with Crippen molar-refractivity contribution in [2.45, 2.75) is 63.5 Å². The Morgan fingerprint density at radius 3 is 2.69 bits per heavy atom. The number of amides is 4. The van der Waals surface area contributed by atoms with Crippen molar-refractivity contribution in [3.63, 3.8) is 0 Å². The lowest BCUT2D eigenvalue weighted by atomic mass is 10.1. The Labute approximate surface area is 306 Å². The number of aryl methyl sites for hydroxylation is 2. The lowest BCUT2D eigenvalue weighted by molar-refractivity contribution is -0.138. The summed E-state index contributed by atoms with van der Waals surface area (Å²) in [5, 5.41) is 7.96. The molecule has 7 rings (SSSR count). The summed E-state index contributed by atoms with van der Waals surface area (Å²) in [6.45, 7) is 1.90. The fourth-order valence-corrected chi connectivity index (χ4v) is 7.16. The van der Waals surface area contributed by atoms with E-state index >= 15 is 0 Å². The maximum Gasteiger partial charge on any atom is 0.274 e. The second-order valence-electron chi connectivity index (χ2n) is 12.9. The average molecular weight is 729 g/mol. The molecule has 4 bridgehead atoms. The number of nitrogens with one attached hydrogen (secondary N) is 2. The van der Waals surface area contributed by atoms with E-state index in [0.717, 1.165) is 16.2 Å². The third-order valence-corrected chi connectivity index (χ3v) is 10.1. The van der Waals surface area contributed by atoms with Crippen molar-refractivity contribution in [3.8, 4) is 22.1 Å². The van der Waals surface area contributed by atoms with Crippen LogP contribution in [0.3, 0.4) is 0 Å². The maximum absolute atomic E-state index is 13.7. The first-order chi connectivity index (χ1) is 25.4. The lowest BCUT2D eigenvalue weighted by Gasteiger charge is -2.24. The number of benzene rings is 1. The van der Waals surface area contributed by atoms with Gasteiger partial charge in [-0.1, -0.05) is 12.1 Å². The van der Waals surface area contributed by atoms with Gasteiger partial charge in [-0.15, -0.1) is 11.3 Å². The molecule has 0 spiro atoms. The summed E-state index contributed by atoms with van der Waals surface area (Å²) in [4.78, 5) is 65.8. The SMILES string of the molecule is COc1cc2ccc1O[C@H]1C[C@@H](C(=O)NCCCCN(C(=O)c3cnccn3)CCCNC(=O)CC2)N(C(=O)CCc2ccc(-c3cccs3)o2)C1. The Hall–Kier alpha value is -5.24. The van der Waals surface area contributed by atoms with Crippen molar-refractivity contribution in [1.29, 1.82) is 0 Å². The van der Waals surface area contributed by atoms with E-state index in [-0.39, 0.29) is 48.7 Å². The van der Waals surface area contributed by atoms with Gasteiger partial charge in [-0.25, -0.2) is 4.98 Å². The number of likely N-dealkylation sites (tertiary alicyclic amines) is 1. The molecule has 3 aromatic heterocycles. The van der Waals surface area contributed by atoms with Gasteiger partial charge < -0.3 is 34.3 Å². The molecule has 1 aromatic carbocycles. The Balaban J connectivity index is 1.15. The van der Waals surface area contributed by atoms with Crippen LogP contribution in [0.15, 0.2) is 70.9 Å². The monoisotopic (exact) mass is 728 g/mol. The molecule has 13 nitrogen and oxygen atoms in total. The van der Waals surface area contributed by atoms with Crippen LogP contribution in [0.1, 0.15) is 60.3 Å². The molecular weight excluding hydrogens is 685 g/mol. The minimum Gasteiger partial charge on any atom is -0.493 e. The van der Waals surface area contributed by atoms with Crippen LogP contribution in [-0.4, -0.2) is 95.4 Å². The van der Waals surface area contributed by atoms with Crippen molar-refractivity contribution in [1.82, 2.24) is 30.4 Å². The molecule has 0 unspecified atom stereocenters. The molecule has 2 atom stereocenters. The predicted molar refractivity (Wildman–Crippen MR) is 194 cm³/mol. The van der Waals surface area contributed by atoms with Crippen molar-refractivity contribution < 1.29 is 33.1 Å². The molecule has 274 valence electrons. The number of furan rings is 1. The van der Waals surface area contributed by atoms with Gasteiger partial charge in [0.1, 0.15) is 29.4 Å². The number of fused-ring (bicyclic) bond motifs is 15. The van der Waals surface area contributed by atoms with Crippen molar-refractivity contribution >= 4 is 35.0 Å². The summed E-state index contributed by atoms with van der Waals surface area (Å²) in [6, 6.07) is 12.6. The number of ether oxygens (including phenoxy) is 2. The highest BCUT2D eigenvalue weighted by Gasteiger charge is 2.40. The van der Waals surface area contributed by atoms with Crippen LogP contribution in [0.5, 0.6) is 11.5 Å². The Kier molecular flexibility index (Phi) is 12.5.